The third kappa shape index (κ3) is 5.07. The van der Waals surface area contributed by atoms with Gasteiger partial charge in [0.05, 0.1) is 24.8 Å². The molecule has 0 aliphatic carbocycles. The fourth-order valence-corrected chi connectivity index (χ4v) is 2.12. The number of ether oxygens (including phenoxy) is 1. The number of nitrogens with zero attached hydrogens (tertiary/aromatic N) is 1. The van der Waals surface area contributed by atoms with E-state index in [4.69, 9.17) is 10.5 Å². The van der Waals surface area contributed by atoms with Gasteiger partial charge in [-0.2, -0.15) is 5.10 Å². The van der Waals surface area contributed by atoms with E-state index in [2.05, 4.69) is 15.8 Å². The van der Waals surface area contributed by atoms with E-state index in [1.54, 1.807) is 49.4 Å². The number of nitrogen functional groups attached to an aromatic ring is 1. The van der Waals surface area contributed by atoms with Crippen LogP contribution in [0.2, 0.25) is 0 Å². The molecule has 25 heavy (non-hydrogen) atoms. The largest absolute Gasteiger partial charge is 0.495 e. The first kappa shape index (κ1) is 18.0. The molecular formula is C18H20N4O3. The van der Waals surface area contributed by atoms with Crippen molar-refractivity contribution in [3.8, 4) is 5.75 Å². The molecule has 7 nitrogen and oxygen atoms in total. The van der Waals surface area contributed by atoms with Crippen molar-refractivity contribution in [2.24, 2.45) is 5.10 Å². The molecule has 0 heterocycles. The minimum absolute atomic E-state index is 0.0304. The van der Waals surface area contributed by atoms with Crippen LogP contribution < -0.4 is 21.2 Å². The van der Waals surface area contributed by atoms with Gasteiger partial charge in [0.15, 0.2) is 0 Å². The van der Waals surface area contributed by atoms with Crippen molar-refractivity contribution < 1.29 is 14.3 Å². The first-order chi connectivity index (χ1) is 12.0. The highest BCUT2D eigenvalue weighted by molar-refractivity contribution is 6.06. The van der Waals surface area contributed by atoms with Crippen molar-refractivity contribution in [3.05, 3.63) is 54.1 Å². The van der Waals surface area contributed by atoms with Crippen molar-refractivity contribution in [1.82, 2.24) is 5.43 Å². The van der Waals surface area contributed by atoms with Gasteiger partial charge in [-0.25, -0.2) is 5.43 Å². The fourth-order valence-electron chi connectivity index (χ4n) is 2.12. The molecule has 130 valence electrons. The molecule has 2 aromatic carbocycles. The number of methoxy groups -OCH3 is 1. The number of nitrogens with one attached hydrogen (secondary N) is 2. The number of para-hydroxylation sites is 3. The molecule has 0 unspecified atom stereocenters. The van der Waals surface area contributed by atoms with E-state index in [0.717, 1.165) is 0 Å². The van der Waals surface area contributed by atoms with Gasteiger partial charge in [0.1, 0.15) is 5.75 Å². The third-order valence-corrected chi connectivity index (χ3v) is 3.35. The lowest BCUT2D eigenvalue weighted by atomic mass is 10.2. The molecule has 0 saturated carbocycles. The Morgan fingerprint density at radius 3 is 2.52 bits per heavy atom. The first-order valence-electron chi connectivity index (χ1n) is 7.62. The number of rotatable bonds is 6. The van der Waals surface area contributed by atoms with Gasteiger partial charge >= 0.3 is 0 Å². The van der Waals surface area contributed by atoms with Crippen LogP contribution in [0.3, 0.4) is 0 Å². The van der Waals surface area contributed by atoms with Crippen molar-refractivity contribution in [2.45, 2.75) is 13.3 Å². The summed E-state index contributed by atoms with van der Waals surface area (Å²) in [4.78, 5) is 24.1. The van der Waals surface area contributed by atoms with Gasteiger partial charge in [0.2, 0.25) is 5.91 Å². The zero-order valence-corrected chi connectivity index (χ0v) is 14.1. The summed E-state index contributed by atoms with van der Waals surface area (Å²) in [6.45, 7) is 1.65. The normalized spacial score (nSPS) is 10.9. The molecular weight excluding hydrogens is 320 g/mol. The maximum Gasteiger partial charge on any atom is 0.273 e. The maximum atomic E-state index is 12.1. The van der Waals surface area contributed by atoms with E-state index in [1.807, 2.05) is 6.07 Å². The van der Waals surface area contributed by atoms with Crippen LogP contribution in [0.5, 0.6) is 5.75 Å². The Kier molecular flexibility index (Phi) is 6.11. The highest BCUT2D eigenvalue weighted by Gasteiger charge is 2.10. The number of benzene rings is 2. The molecule has 0 bridgehead atoms. The lowest BCUT2D eigenvalue weighted by molar-refractivity contribution is -0.115. The third-order valence-electron chi connectivity index (χ3n) is 3.35. The summed E-state index contributed by atoms with van der Waals surface area (Å²) < 4.78 is 5.18. The topological polar surface area (TPSA) is 106 Å². The molecule has 7 heteroatoms. The molecule has 2 aromatic rings. The van der Waals surface area contributed by atoms with Crippen LogP contribution in [-0.2, 0) is 4.79 Å². The van der Waals surface area contributed by atoms with Gasteiger partial charge in [-0.05, 0) is 31.2 Å². The van der Waals surface area contributed by atoms with E-state index in [9.17, 15) is 9.59 Å². The second-order valence-electron chi connectivity index (χ2n) is 5.30. The average Bonchev–Trinajstić information content (AvgIpc) is 2.60. The lowest BCUT2D eigenvalue weighted by Crippen LogP contribution is -2.22. The summed E-state index contributed by atoms with van der Waals surface area (Å²) in [6, 6.07) is 13.8. The minimum atomic E-state index is -0.428. The number of hydrogen-bond acceptors (Lipinski definition) is 5. The van der Waals surface area contributed by atoms with Crippen molar-refractivity contribution in [3.63, 3.8) is 0 Å². The smallest absolute Gasteiger partial charge is 0.273 e. The van der Waals surface area contributed by atoms with E-state index < -0.39 is 5.91 Å². The molecule has 0 radical (unpaired) electrons. The standard InChI is InChI=1S/C18H20N4O3/c1-12(21-22-18(24)13-7-3-4-8-14(13)19)11-17(23)20-15-9-5-6-10-16(15)25-2/h3-10H,11,19H2,1-2H3,(H,20,23)(H,22,24). The predicted molar refractivity (Wildman–Crippen MR) is 97.7 cm³/mol. The average molecular weight is 340 g/mol. The van der Waals surface area contributed by atoms with E-state index in [1.165, 1.54) is 7.11 Å². The Bertz CT molecular complexity index is 802. The summed E-state index contributed by atoms with van der Waals surface area (Å²) in [6.07, 6.45) is 0.0304. The summed E-state index contributed by atoms with van der Waals surface area (Å²) in [5.74, 6) is -0.125. The van der Waals surface area contributed by atoms with E-state index in [0.29, 0.717) is 28.4 Å². The molecule has 0 fully saturated rings. The second-order valence-corrected chi connectivity index (χ2v) is 5.30. The molecule has 0 aliphatic rings. The van der Waals surface area contributed by atoms with Crippen LogP contribution in [0.1, 0.15) is 23.7 Å². The Hall–Kier alpha value is -3.35. The summed E-state index contributed by atoms with van der Waals surface area (Å²) in [7, 11) is 1.53. The fraction of sp³-hybridized carbons (Fsp3) is 0.167. The number of nitrogens with two attached hydrogens (primary N) is 1. The van der Waals surface area contributed by atoms with Crippen LogP contribution in [0.15, 0.2) is 53.6 Å². The molecule has 0 aliphatic heterocycles. The SMILES string of the molecule is COc1ccccc1NC(=O)CC(C)=NNC(=O)c1ccccc1N. The monoisotopic (exact) mass is 340 g/mol. The van der Waals surface area contributed by atoms with Gasteiger partial charge < -0.3 is 15.8 Å². The number of hydrogen-bond donors (Lipinski definition) is 3. The number of carbonyl (C=O) groups is 2. The van der Waals surface area contributed by atoms with Crippen LogP contribution >= 0.6 is 0 Å². The molecule has 2 rings (SSSR count). The predicted octanol–water partition coefficient (Wildman–Crippen LogP) is 2.41. The molecule has 0 saturated heterocycles. The molecule has 0 atom stereocenters. The van der Waals surface area contributed by atoms with Crippen LogP contribution in [0.25, 0.3) is 0 Å². The van der Waals surface area contributed by atoms with Crippen molar-refractivity contribution in [1.29, 1.82) is 0 Å². The molecule has 0 aromatic heterocycles. The Labute approximate surface area is 145 Å². The van der Waals surface area contributed by atoms with E-state index >= 15 is 0 Å². The van der Waals surface area contributed by atoms with Crippen molar-refractivity contribution in [2.75, 3.05) is 18.2 Å². The van der Waals surface area contributed by atoms with Gasteiger partial charge in [0.25, 0.3) is 5.91 Å². The quantitative estimate of drug-likeness (QED) is 0.426. The van der Waals surface area contributed by atoms with Crippen molar-refractivity contribution >= 4 is 28.9 Å². The summed E-state index contributed by atoms with van der Waals surface area (Å²) >= 11 is 0. The Morgan fingerprint density at radius 2 is 1.80 bits per heavy atom. The number of carbonyl (C=O) groups excluding carboxylic acids is 2. The maximum absolute atomic E-state index is 12.1. The number of hydrazone groups is 1. The lowest BCUT2D eigenvalue weighted by Gasteiger charge is -2.09. The van der Waals surface area contributed by atoms with Crippen LogP contribution in [0, 0.1) is 0 Å². The molecule has 0 spiro atoms. The number of anilines is 2. The zero-order chi connectivity index (χ0) is 18.2. The van der Waals surface area contributed by atoms with Gasteiger partial charge in [-0.1, -0.05) is 24.3 Å². The van der Waals surface area contributed by atoms with Gasteiger partial charge in [0, 0.05) is 11.4 Å². The van der Waals surface area contributed by atoms with Crippen LogP contribution in [0.4, 0.5) is 11.4 Å². The first-order valence-corrected chi connectivity index (χ1v) is 7.62. The molecule has 2 amide bonds. The highest BCUT2D eigenvalue weighted by Crippen LogP contribution is 2.23. The molecule has 4 N–H and O–H groups in total. The second kappa shape index (κ2) is 8.49. The van der Waals surface area contributed by atoms with E-state index in [-0.39, 0.29) is 12.3 Å². The minimum Gasteiger partial charge on any atom is -0.495 e. The van der Waals surface area contributed by atoms with Gasteiger partial charge in [-0.15, -0.1) is 0 Å². The summed E-state index contributed by atoms with van der Waals surface area (Å²) in [5.41, 5.74) is 9.85. The zero-order valence-electron chi connectivity index (χ0n) is 14.1. The van der Waals surface area contributed by atoms with Gasteiger partial charge in [-0.3, -0.25) is 9.59 Å². The Balaban J connectivity index is 1.93. The van der Waals surface area contributed by atoms with Crippen LogP contribution in [-0.4, -0.2) is 24.6 Å². The summed E-state index contributed by atoms with van der Waals surface area (Å²) in [5, 5.41) is 6.68. The highest BCUT2D eigenvalue weighted by atomic mass is 16.5. The Morgan fingerprint density at radius 1 is 1.12 bits per heavy atom. The number of amides is 2.